The van der Waals surface area contributed by atoms with Gasteiger partial charge >= 0.3 is 0 Å². The number of nitrogens with one attached hydrogen (secondary N) is 1. The van der Waals surface area contributed by atoms with Crippen molar-refractivity contribution in [2.45, 2.75) is 6.92 Å². The van der Waals surface area contributed by atoms with Crippen LogP contribution in [0.2, 0.25) is 5.02 Å². The molecule has 0 saturated carbocycles. The van der Waals surface area contributed by atoms with Crippen molar-refractivity contribution in [2.24, 2.45) is 0 Å². The van der Waals surface area contributed by atoms with Crippen molar-refractivity contribution in [3.05, 3.63) is 88.4 Å². The molecule has 0 fully saturated rings. The predicted molar refractivity (Wildman–Crippen MR) is 115 cm³/mol. The highest BCUT2D eigenvalue weighted by Crippen LogP contribution is 2.30. The van der Waals surface area contributed by atoms with Crippen molar-refractivity contribution in [2.75, 3.05) is 16.8 Å². The molecule has 150 valence electrons. The molecular weight excluding hydrogens is 404 g/mol. The number of benzene rings is 3. The molecule has 6 nitrogen and oxygen atoms in total. The van der Waals surface area contributed by atoms with E-state index in [1.54, 1.807) is 48.5 Å². The predicted octanol–water partition coefficient (Wildman–Crippen LogP) is 4.79. The van der Waals surface area contributed by atoms with E-state index in [0.29, 0.717) is 28.8 Å². The number of hydrogen-bond acceptors (Lipinski definition) is 4. The van der Waals surface area contributed by atoms with E-state index in [0.717, 1.165) is 4.90 Å². The van der Waals surface area contributed by atoms with Crippen LogP contribution in [0, 0.1) is 0 Å². The number of nitrogens with zero attached hydrogens (tertiary/aromatic N) is 1. The highest BCUT2D eigenvalue weighted by molar-refractivity contribution is 6.34. The lowest BCUT2D eigenvalue weighted by Crippen LogP contribution is -2.29. The molecule has 30 heavy (non-hydrogen) atoms. The van der Waals surface area contributed by atoms with E-state index >= 15 is 0 Å². The number of rotatable bonds is 5. The van der Waals surface area contributed by atoms with E-state index in [4.69, 9.17) is 16.3 Å². The number of ether oxygens (including phenoxy) is 1. The van der Waals surface area contributed by atoms with E-state index in [-0.39, 0.29) is 22.6 Å². The lowest BCUT2D eigenvalue weighted by molar-refractivity contribution is 0.0925. The van der Waals surface area contributed by atoms with Gasteiger partial charge < -0.3 is 10.1 Å². The Morgan fingerprint density at radius 2 is 1.60 bits per heavy atom. The van der Waals surface area contributed by atoms with Gasteiger partial charge in [-0.25, -0.2) is 4.90 Å². The van der Waals surface area contributed by atoms with Gasteiger partial charge in [0.2, 0.25) is 0 Å². The van der Waals surface area contributed by atoms with Crippen LogP contribution in [0.5, 0.6) is 5.75 Å². The zero-order valence-electron chi connectivity index (χ0n) is 16.0. The molecule has 0 aromatic heterocycles. The Balaban J connectivity index is 1.58. The van der Waals surface area contributed by atoms with Crippen molar-refractivity contribution in [1.82, 2.24) is 0 Å². The van der Waals surface area contributed by atoms with Gasteiger partial charge in [-0.15, -0.1) is 0 Å². The molecule has 1 aliphatic rings. The fraction of sp³-hybridized carbons (Fsp3) is 0.0870. The molecule has 1 heterocycles. The van der Waals surface area contributed by atoms with Crippen LogP contribution in [0.15, 0.2) is 66.7 Å². The first-order chi connectivity index (χ1) is 14.5. The summed E-state index contributed by atoms with van der Waals surface area (Å²) >= 11 is 5.85. The van der Waals surface area contributed by atoms with Crippen LogP contribution in [-0.2, 0) is 0 Å². The molecule has 0 unspecified atom stereocenters. The van der Waals surface area contributed by atoms with Gasteiger partial charge in [0.1, 0.15) is 5.75 Å². The Hall–Kier alpha value is -3.64. The maximum atomic E-state index is 12.9. The van der Waals surface area contributed by atoms with Gasteiger partial charge in [0, 0.05) is 16.3 Å². The Labute approximate surface area is 178 Å². The van der Waals surface area contributed by atoms with E-state index in [9.17, 15) is 14.4 Å². The molecule has 0 spiro atoms. The number of amides is 3. The van der Waals surface area contributed by atoms with E-state index in [1.807, 2.05) is 6.92 Å². The van der Waals surface area contributed by atoms with Crippen LogP contribution in [0.25, 0.3) is 0 Å². The van der Waals surface area contributed by atoms with Crippen LogP contribution >= 0.6 is 11.6 Å². The molecule has 1 aliphatic heterocycles. The van der Waals surface area contributed by atoms with Crippen LogP contribution in [0.4, 0.5) is 11.4 Å². The van der Waals surface area contributed by atoms with Gasteiger partial charge in [-0.3, -0.25) is 14.4 Å². The summed E-state index contributed by atoms with van der Waals surface area (Å²) in [5.74, 6) is -0.636. The first kappa shape index (κ1) is 19.7. The Morgan fingerprint density at radius 3 is 2.27 bits per heavy atom. The van der Waals surface area contributed by atoms with E-state index in [2.05, 4.69) is 5.32 Å². The molecule has 3 aromatic carbocycles. The minimum absolute atomic E-state index is 0.192. The second kappa shape index (κ2) is 8.00. The standard InChI is InChI=1S/C23H17ClN2O4/c1-2-30-18-10-8-17(9-11-18)26-22(28)19-12-3-14(13-20(19)23(26)29)21(27)25-16-6-4-15(24)5-7-16/h3-13H,2H2,1H3,(H,25,27). The fourth-order valence-corrected chi connectivity index (χ4v) is 3.34. The minimum Gasteiger partial charge on any atom is -0.494 e. The molecule has 0 aliphatic carbocycles. The Kier molecular flexibility index (Phi) is 5.25. The number of carbonyl (C=O) groups excluding carboxylic acids is 3. The van der Waals surface area contributed by atoms with Crippen LogP contribution in [-0.4, -0.2) is 24.3 Å². The first-order valence-corrected chi connectivity index (χ1v) is 9.68. The summed E-state index contributed by atoms with van der Waals surface area (Å²) in [5.41, 5.74) is 1.74. The molecule has 3 aromatic rings. The average molecular weight is 421 g/mol. The summed E-state index contributed by atoms with van der Waals surface area (Å²) in [5, 5.41) is 3.30. The van der Waals surface area contributed by atoms with Crippen molar-refractivity contribution in [3.63, 3.8) is 0 Å². The van der Waals surface area contributed by atoms with Gasteiger partial charge in [-0.2, -0.15) is 0 Å². The summed E-state index contributed by atoms with van der Waals surface area (Å²) in [6.45, 7) is 2.39. The van der Waals surface area contributed by atoms with Crippen LogP contribution in [0.1, 0.15) is 38.0 Å². The third kappa shape index (κ3) is 3.65. The lowest BCUT2D eigenvalue weighted by Gasteiger charge is -2.14. The van der Waals surface area contributed by atoms with Crippen molar-refractivity contribution in [1.29, 1.82) is 0 Å². The second-order valence-electron chi connectivity index (χ2n) is 6.59. The highest BCUT2D eigenvalue weighted by atomic mass is 35.5. The van der Waals surface area contributed by atoms with Crippen molar-refractivity contribution < 1.29 is 19.1 Å². The smallest absolute Gasteiger partial charge is 0.266 e. The number of hydrogen-bond donors (Lipinski definition) is 1. The normalized spacial score (nSPS) is 12.7. The molecule has 0 radical (unpaired) electrons. The second-order valence-corrected chi connectivity index (χ2v) is 7.03. The summed E-state index contributed by atoms with van der Waals surface area (Å²) in [4.78, 5) is 39.4. The molecule has 7 heteroatoms. The quantitative estimate of drug-likeness (QED) is 0.602. The zero-order chi connectivity index (χ0) is 21.3. The molecule has 0 bridgehead atoms. The summed E-state index contributed by atoms with van der Waals surface area (Å²) < 4.78 is 5.40. The van der Waals surface area contributed by atoms with Gasteiger partial charge in [0.25, 0.3) is 17.7 Å². The summed E-state index contributed by atoms with van der Waals surface area (Å²) in [6, 6.07) is 17.9. The summed E-state index contributed by atoms with van der Waals surface area (Å²) in [6.07, 6.45) is 0. The van der Waals surface area contributed by atoms with Gasteiger partial charge in [-0.1, -0.05) is 11.6 Å². The molecular formula is C23H17ClN2O4. The molecule has 0 saturated heterocycles. The van der Waals surface area contributed by atoms with Gasteiger partial charge in [0.15, 0.2) is 0 Å². The zero-order valence-corrected chi connectivity index (χ0v) is 16.8. The lowest BCUT2D eigenvalue weighted by atomic mass is 10.1. The third-order valence-corrected chi connectivity index (χ3v) is 4.91. The number of anilines is 2. The SMILES string of the molecule is CCOc1ccc(N2C(=O)c3ccc(C(=O)Nc4ccc(Cl)cc4)cc3C2=O)cc1. The molecule has 0 atom stereocenters. The average Bonchev–Trinajstić information content (AvgIpc) is 3.00. The maximum absolute atomic E-state index is 12.9. The number of fused-ring (bicyclic) bond motifs is 1. The van der Waals surface area contributed by atoms with Crippen molar-refractivity contribution in [3.8, 4) is 5.75 Å². The largest absolute Gasteiger partial charge is 0.494 e. The first-order valence-electron chi connectivity index (χ1n) is 9.30. The maximum Gasteiger partial charge on any atom is 0.266 e. The number of halogens is 1. The molecule has 4 rings (SSSR count). The van der Waals surface area contributed by atoms with Crippen molar-refractivity contribution >= 4 is 40.7 Å². The molecule has 3 amide bonds. The minimum atomic E-state index is -0.472. The highest BCUT2D eigenvalue weighted by Gasteiger charge is 2.37. The topological polar surface area (TPSA) is 75.7 Å². The number of imide groups is 1. The van der Waals surface area contributed by atoms with Gasteiger partial charge in [-0.05, 0) is 73.7 Å². The van der Waals surface area contributed by atoms with Crippen LogP contribution < -0.4 is 15.0 Å². The monoisotopic (exact) mass is 420 g/mol. The van der Waals surface area contributed by atoms with Gasteiger partial charge in [0.05, 0.1) is 23.4 Å². The number of carbonyl (C=O) groups is 3. The fourth-order valence-electron chi connectivity index (χ4n) is 3.21. The molecule has 1 N–H and O–H groups in total. The Morgan fingerprint density at radius 1 is 0.933 bits per heavy atom. The third-order valence-electron chi connectivity index (χ3n) is 4.66. The van der Waals surface area contributed by atoms with Crippen LogP contribution in [0.3, 0.4) is 0 Å². The Bertz CT molecular complexity index is 1140. The van der Waals surface area contributed by atoms with E-state index in [1.165, 1.54) is 18.2 Å². The summed E-state index contributed by atoms with van der Waals surface area (Å²) in [7, 11) is 0. The van der Waals surface area contributed by atoms with E-state index < -0.39 is 11.8 Å².